The number of hydrogen-bond donors (Lipinski definition) is 1. The second kappa shape index (κ2) is 3.80. The number of hydrogen-bond acceptors (Lipinski definition) is 2. The number of carbonyl (C=O) groups is 1. The van der Waals surface area contributed by atoms with E-state index in [0.717, 1.165) is 6.54 Å². The van der Waals surface area contributed by atoms with E-state index in [1.165, 1.54) is 17.8 Å². The lowest BCUT2D eigenvalue weighted by molar-refractivity contribution is 0.0955. The van der Waals surface area contributed by atoms with E-state index in [9.17, 15) is 4.79 Å². The number of halogens is 1. The molecule has 1 aliphatic carbocycles. The Labute approximate surface area is 98.6 Å². The van der Waals surface area contributed by atoms with Crippen molar-refractivity contribution in [3.05, 3.63) is 21.3 Å². The first-order valence-corrected chi connectivity index (χ1v) is 6.27. The van der Waals surface area contributed by atoms with Crippen LogP contribution in [0.5, 0.6) is 0 Å². The molecule has 0 aliphatic heterocycles. The van der Waals surface area contributed by atoms with Gasteiger partial charge in [0, 0.05) is 6.54 Å². The van der Waals surface area contributed by atoms with Crippen LogP contribution in [0.4, 0.5) is 0 Å². The first kappa shape index (κ1) is 11.0. The van der Waals surface area contributed by atoms with Gasteiger partial charge in [-0.25, -0.2) is 0 Å². The number of thiophene rings is 1. The molecule has 1 fully saturated rings. The number of nitrogens with one attached hydrogen (secondary N) is 1. The van der Waals surface area contributed by atoms with Crippen LogP contribution in [0.1, 0.15) is 29.9 Å². The van der Waals surface area contributed by atoms with Gasteiger partial charge in [-0.2, -0.15) is 0 Å². The van der Waals surface area contributed by atoms with E-state index in [2.05, 4.69) is 19.2 Å². The SMILES string of the molecule is CC1(C)C[C@H]1CNC(=O)c1sccc1Cl. The molecule has 1 N–H and O–H groups in total. The molecule has 1 amide bonds. The van der Waals surface area contributed by atoms with Crippen molar-refractivity contribution in [2.24, 2.45) is 11.3 Å². The molecule has 0 unspecified atom stereocenters. The van der Waals surface area contributed by atoms with E-state index in [0.29, 0.717) is 21.2 Å². The normalized spacial score (nSPS) is 22.5. The van der Waals surface area contributed by atoms with Gasteiger partial charge in [0.2, 0.25) is 0 Å². The van der Waals surface area contributed by atoms with Crippen molar-refractivity contribution in [1.82, 2.24) is 5.32 Å². The van der Waals surface area contributed by atoms with E-state index in [-0.39, 0.29) is 5.91 Å². The highest BCUT2D eigenvalue weighted by Crippen LogP contribution is 2.51. The van der Waals surface area contributed by atoms with Crippen molar-refractivity contribution in [3.8, 4) is 0 Å². The fraction of sp³-hybridized carbons (Fsp3) is 0.545. The van der Waals surface area contributed by atoms with Crippen molar-refractivity contribution in [2.75, 3.05) is 6.54 Å². The summed E-state index contributed by atoms with van der Waals surface area (Å²) >= 11 is 7.26. The summed E-state index contributed by atoms with van der Waals surface area (Å²) in [5.74, 6) is 0.581. The molecule has 1 atom stereocenters. The zero-order valence-electron chi connectivity index (χ0n) is 8.84. The predicted molar refractivity (Wildman–Crippen MR) is 63.6 cm³/mol. The van der Waals surface area contributed by atoms with Crippen molar-refractivity contribution < 1.29 is 4.79 Å². The Bertz CT molecular complexity index is 386. The van der Waals surface area contributed by atoms with Crippen molar-refractivity contribution in [3.63, 3.8) is 0 Å². The summed E-state index contributed by atoms with van der Waals surface area (Å²) in [7, 11) is 0. The Morgan fingerprint density at radius 2 is 2.40 bits per heavy atom. The second-order valence-electron chi connectivity index (χ2n) is 4.70. The molecule has 1 aromatic heterocycles. The van der Waals surface area contributed by atoms with Crippen LogP contribution in [-0.2, 0) is 0 Å². The first-order chi connectivity index (χ1) is 7.00. The maximum atomic E-state index is 11.7. The van der Waals surface area contributed by atoms with E-state index < -0.39 is 0 Å². The molecule has 0 saturated heterocycles. The van der Waals surface area contributed by atoms with Crippen molar-refractivity contribution >= 4 is 28.8 Å². The Morgan fingerprint density at radius 3 is 2.87 bits per heavy atom. The maximum absolute atomic E-state index is 11.7. The van der Waals surface area contributed by atoms with Crippen LogP contribution in [0.2, 0.25) is 5.02 Å². The van der Waals surface area contributed by atoms with Crippen LogP contribution >= 0.6 is 22.9 Å². The minimum Gasteiger partial charge on any atom is -0.351 e. The van der Waals surface area contributed by atoms with Gasteiger partial charge in [-0.15, -0.1) is 11.3 Å². The highest BCUT2D eigenvalue weighted by molar-refractivity contribution is 7.12. The summed E-state index contributed by atoms with van der Waals surface area (Å²) in [6.07, 6.45) is 1.20. The highest BCUT2D eigenvalue weighted by Gasteiger charge is 2.45. The molecule has 1 aromatic rings. The molecule has 4 heteroatoms. The van der Waals surface area contributed by atoms with Crippen LogP contribution < -0.4 is 5.32 Å². The van der Waals surface area contributed by atoms with Gasteiger partial charge < -0.3 is 5.32 Å². The third kappa shape index (κ3) is 2.34. The molecule has 1 saturated carbocycles. The largest absolute Gasteiger partial charge is 0.351 e. The van der Waals surface area contributed by atoms with Gasteiger partial charge >= 0.3 is 0 Å². The lowest BCUT2D eigenvalue weighted by Gasteiger charge is -2.05. The van der Waals surface area contributed by atoms with Crippen LogP contribution in [0.15, 0.2) is 11.4 Å². The summed E-state index contributed by atoms with van der Waals surface area (Å²) in [4.78, 5) is 12.3. The predicted octanol–water partition coefficient (Wildman–Crippen LogP) is 3.18. The van der Waals surface area contributed by atoms with Crippen LogP contribution in [0.3, 0.4) is 0 Å². The third-order valence-electron chi connectivity index (χ3n) is 3.05. The zero-order valence-corrected chi connectivity index (χ0v) is 10.4. The van der Waals surface area contributed by atoms with Crippen LogP contribution in [-0.4, -0.2) is 12.5 Å². The summed E-state index contributed by atoms with van der Waals surface area (Å²) in [6.45, 7) is 5.21. The summed E-state index contributed by atoms with van der Waals surface area (Å²) < 4.78 is 0. The molecule has 15 heavy (non-hydrogen) atoms. The lowest BCUT2D eigenvalue weighted by atomic mass is 10.1. The average molecular weight is 244 g/mol. The summed E-state index contributed by atoms with van der Waals surface area (Å²) in [5, 5.41) is 5.31. The molecular formula is C11H14ClNOS. The standard InChI is InChI=1S/C11H14ClNOS/c1-11(2)5-7(11)6-13-10(14)9-8(12)3-4-15-9/h3-4,7H,5-6H2,1-2H3,(H,13,14)/t7-/m0/s1. The van der Waals surface area contributed by atoms with Gasteiger partial charge in [0.05, 0.1) is 5.02 Å². The lowest BCUT2D eigenvalue weighted by Crippen LogP contribution is -2.26. The van der Waals surface area contributed by atoms with Gasteiger partial charge in [0.25, 0.3) is 5.91 Å². The van der Waals surface area contributed by atoms with Gasteiger partial charge in [-0.1, -0.05) is 25.4 Å². The van der Waals surface area contributed by atoms with E-state index in [1.54, 1.807) is 6.07 Å². The fourth-order valence-corrected chi connectivity index (χ4v) is 2.73. The third-order valence-corrected chi connectivity index (χ3v) is 4.39. The van der Waals surface area contributed by atoms with Gasteiger partial charge in [0.1, 0.15) is 4.88 Å². The van der Waals surface area contributed by atoms with Crippen LogP contribution in [0, 0.1) is 11.3 Å². The van der Waals surface area contributed by atoms with Crippen molar-refractivity contribution in [2.45, 2.75) is 20.3 Å². The Kier molecular flexibility index (Phi) is 2.77. The molecule has 2 rings (SSSR count). The minimum atomic E-state index is -0.0438. The monoisotopic (exact) mass is 243 g/mol. The Balaban J connectivity index is 1.86. The molecule has 1 heterocycles. The second-order valence-corrected chi connectivity index (χ2v) is 6.02. The molecule has 0 bridgehead atoms. The topological polar surface area (TPSA) is 29.1 Å². The highest BCUT2D eigenvalue weighted by atomic mass is 35.5. The fourth-order valence-electron chi connectivity index (χ4n) is 1.68. The molecular weight excluding hydrogens is 230 g/mol. The van der Waals surface area contributed by atoms with Gasteiger partial charge in [0.15, 0.2) is 0 Å². The van der Waals surface area contributed by atoms with Crippen molar-refractivity contribution in [1.29, 1.82) is 0 Å². The Morgan fingerprint density at radius 1 is 1.73 bits per heavy atom. The quantitative estimate of drug-likeness (QED) is 0.868. The summed E-state index contributed by atoms with van der Waals surface area (Å²) in [6, 6.07) is 1.75. The number of rotatable bonds is 3. The number of carbonyl (C=O) groups excluding carboxylic acids is 1. The van der Waals surface area contributed by atoms with E-state index >= 15 is 0 Å². The minimum absolute atomic E-state index is 0.0438. The van der Waals surface area contributed by atoms with E-state index in [4.69, 9.17) is 11.6 Å². The number of amides is 1. The zero-order chi connectivity index (χ0) is 11.1. The molecule has 0 aromatic carbocycles. The maximum Gasteiger partial charge on any atom is 0.262 e. The smallest absolute Gasteiger partial charge is 0.262 e. The van der Waals surface area contributed by atoms with Gasteiger partial charge in [-0.3, -0.25) is 4.79 Å². The summed E-state index contributed by atoms with van der Waals surface area (Å²) in [5.41, 5.74) is 0.409. The van der Waals surface area contributed by atoms with Gasteiger partial charge in [-0.05, 0) is 29.2 Å². The van der Waals surface area contributed by atoms with Crippen LogP contribution in [0.25, 0.3) is 0 Å². The first-order valence-electron chi connectivity index (χ1n) is 5.02. The molecule has 0 radical (unpaired) electrons. The van der Waals surface area contributed by atoms with E-state index in [1.807, 2.05) is 5.38 Å². The molecule has 1 aliphatic rings. The molecule has 0 spiro atoms. The molecule has 82 valence electrons. The molecule has 2 nitrogen and oxygen atoms in total. The average Bonchev–Trinajstić information content (AvgIpc) is 2.58. The Hall–Kier alpha value is -0.540.